The second kappa shape index (κ2) is 7.92. The Kier molecular flexibility index (Phi) is 5.02. The van der Waals surface area contributed by atoms with Gasteiger partial charge in [0.15, 0.2) is 5.78 Å². The van der Waals surface area contributed by atoms with Crippen molar-refractivity contribution in [1.29, 1.82) is 0 Å². The van der Waals surface area contributed by atoms with Gasteiger partial charge in [0.1, 0.15) is 29.5 Å². The van der Waals surface area contributed by atoms with Gasteiger partial charge in [-0.25, -0.2) is 4.39 Å². The Bertz CT molecular complexity index is 1110. The number of allylic oxidation sites excluding steroid dienone is 1. The number of furan rings is 1. The highest BCUT2D eigenvalue weighted by Gasteiger charge is 2.12. The van der Waals surface area contributed by atoms with E-state index in [0.717, 1.165) is 16.5 Å². The van der Waals surface area contributed by atoms with Gasteiger partial charge in [-0.3, -0.25) is 4.79 Å². The number of rotatable bonds is 6. The molecule has 0 amide bonds. The number of hydrogen-bond acceptors (Lipinski definition) is 3. The largest absolute Gasteiger partial charge is 0.488 e. The van der Waals surface area contributed by atoms with Crippen LogP contribution in [0.3, 0.4) is 0 Å². The fourth-order valence-electron chi connectivity index (χ4n) is 2.89. The summed E-state index contributed by atoms with van der Waals surface area (Å²) >= 11 is 0. The van der Waals surface area contributed by atoms with Crippen molar-refractivity contribution in [3.05, 3.63) is 108 Å². The van der Waals surface area contributed by atoms with E-state index in [1.54, 1.807) is 6.08 Å². The Hall–Kier alpha value is -3.66. The quantitative estimate of drug-likeness (QED) is 0.306. The molecular weight excluding hydrogens is 355 g/mol. The Morgan fingerprint density at radius 3 is 2.57 bits per heavy atom. The van der Waals surface area contributed by atoms with E-state index >= 15 is 0 Å². The first-order valence-corrected chi connectivity index (χ1v) is 8.86. The van der Waals surface area contributed by atoms with E-state index < -0.39 is 5.82 Å². The van der Waals surface area contributed by atoms with Gasteiger partial charge in [-0.15, -0.1) is 0 Å². The number of fused-ring (bicyclic) bond motifs is 1. The highest BCUT2D eigenvalue weighted by Crippen LogP contribution is 2.24. The van der Waals surface area contributed by atoms with Gasteiger partial charge in [-0.2, -0.15) is 0 Å². The highest BCUT2D eigenvalue weighted by molar-refractivity contribution is 6.08. The zero-order chi connectivity index (χ0) is 19.3. The third-order valence-corrected chi connectivity index (χ3v) is 4.29. The molecule has 0 bridgehead atoms. The maximum atomic E-state index is 13.7. The van der Waals surface area contributed by atoms with Crippen molar-refractivity contribution < 1.29 is 18.3 Å². The monoisotopic (exact) mass is 372 g/mol. The Labute approximate surface area is 161 Å². The second-order valence-electron chi connectivity index (χ2n) is 6.30. The van der Waals surface area contributed by atoms with E-state index in [4.69, 9.17) is 9.15 Å². The van der Waals surface area contributed by atoms with Gasteiger partial charge in [0.05, 0.1) is 5.56 Å². The second-order valence-corrected chi connectivity index (χ2v) is 6.30. The minimum atomic E-state index is -0.493. The number of ether oxygens (including phenoxy) is 1. The minimum Gasteiger partial charge on any atom is -0.488 e. The molecule has 0 radical (unpaired) electrons. The van der Waals surface area contributed by atoms with Crippen LogP contribution in [0.5, 0.6) is 5.75 Å². The maximum absolute atomic E-state index is 13.7. The molecule has 0 aliphatic carbocycles. The number of halogens is 1. The first kappa shape index (κ1) is 17.7. The summed E-state index contributed by atoms with van der Waals surface area (Å²) in [4.78, 5) is 12.6. The smallest absolute Gasteiger partial charge is 0.189 e. The summed E-state index contributed by atoms with van der Waals surface area (Å²) in [6.07, 6.45) is 2.94. The maximum Gasteiger partial charge on any atom is 0.189 e. The minimum absolute atomic E-state index is 0.170. The van der Waals surface area contributed by atoms with Crippen LogP contribution < -0.4 is 4.74 Å². The molecule has 0 unspecified atom stereocenters. The molecule has 0 spiro atoms. The molecule has 138 valence electrons. The first-order chi connectivity index (χ1) is 13.7. The summed E-state index contributed by atoms with van der Waals surface area (Å²) in [5, 5.41) is 0.951. The molecule has 0 saturated carbocycles. The van der Waals surface area contributed by atoms with Crippen LogP contribution in [0, 0.1) is 5.82 Å². The predicted molar refractivity (Wildman–Crippen MR) is 107 cm³/mol. The number of benzene rings is 3. The summed E-state index contributed by atoms with van der Waals surface area (Å²) in [6.45, 7) is 0.292. The van der Waals surface area contributed by atoms with Crippen LogP contribution in [0.2, 0.25) is 0 Å². The molecule has 1 aromatic heterocycles. The topological polar surface area (TPSA) is 39.4 Å². The predicted octanol–water partition coefficient (Wildman–Crippen LogP) is 6.05. The van der Waals surface area contributed by atoms with Crippen molar-refractivity contribution in [2.45, 2.75) is 6.61 Å². The Balaban J connectivity index is 1.55. The molecule has 0 aliphatic heterocycles. The Morgan fingerprint density at radius 2 is 1.75 bits per heavy atom. The SMILES string of the molecule is O=C(/C=C/c1cc2ccccc2o1)c1cc(F)ccc1OCc1ccccc1. The van der Waals surface area contributed by atoms with Gasteiger partial charge in [-0.05, 0) is 48.0 Å². The van der Waals surface area contributed by atoms with Gasteiger partial charge in [0, 0.05) is 5.39 Å². The fraction of sp³-hybridized carbons (Fsp3) is 0.0417. The van der Waals surface area contributed by atoms with Crippen LogP contribution in [0.1, 0.15) is 21.7 Å². The van der Waals surface area contributed by atoms with Gasteiger partial charge < -0.3 is 9.15 Å². The van der Waals surface area contributed by atoms with Crippen molar-refractivity contribution in [2.24, 2.45) is 0 Å². The van der Waals surface area contributed by atoms with Crippen molar-refractivity contribution in [3.63, 3.8) is 0 Å². The van der Waals surface area contributed by atoms with Crippen molar-refractivity contribution in [3.8, 4) is 5.75 Å². The number of carbonyl (C=O) groups is 1. The lowest BCUT2D eigenvalue weighted by Crippen LogP contribution is -2.03. The summed E-state index contributed by atoms with van der Waals surface area (Å²) in [7, 11) is 0. The summed E-state index contributed by atoms with van der Waals surface area (Å²) in [5.41, 5.74) is 1.87. The van der Waals surface area contributed by atoms with Crippen molar-refractivity contribution >= 4 is 22.8 Å². The van der Waals surface area contributed by atoms with Crippen LogP contribution in [0.25, 0.3) is 17.0 Å². The van der Waals surface area contributed by atoms with Crippen LogP contribution in [0.15, 0.2) is 89.4 Å². The average Bonchev–Trinajstić information content (AvgIpc) is 3.15. The molecule has 1 heterocycles. The molecule has 3 nitrogen and oxygen atoms in total. The van der Waals surface area contributed by atoms with Crippen LogP contribution in [-0.2, 0) is 6.61 Å². The molecule has 0 atom stereocenters. The normalized spacial score (nSPS) is 11.2. The number of carbonyl (C=O) groups excluding carboxylic acids is 1. The molecular formula is C24H17FO3. The summed E-state index contributed by atoms with van der Waals surface area (Å²) < 4.78 is 25.1. The lowest BCUT2D eigenvalue weighted by molar-refractivity contribution is 0.104. The standard InChI is InChI=1S/C24H17FO3/c25-19-10-13-24(27-16-17-6-2-1-3-7-17)21(15-19)22(26)12-11-20-14-18-8-4-5-9-23(18)28-20/h1-15H,16H2/b12-11+. The van der Waals surface area contributed by atoms with Gasteiger partial charge >= 0.3 is 0 Å². The van der Waals surface area contributed by atoms with Gasteiger partial charge in [0.25, 0.3) is 0 Å². The third kappa shape index (κ3) is 4.01. The third-order valence-electron chi connectivity index (χ3n) is 4.29. The van der Waals surface area contributed by atoms with Crippen LogP contribution in [-0.4, -0.2) is 5.78 Å². The molecule has 0 aliphatic rings. The zero-order valence-electron chi connectivity index (χ0n) is 15.0. The number of hydrogen-bond donors (Lipinski definition) is 0. The number of ketones is 1. The molecule has 0 fully saturated rings. The highest BCUT2D eigenvalue weighted by atomic mass is 19.1. The summed E-state index contributed by atoms with van der Waals surface area (Å²) in [5.74, 6) is 0.0396. The molecule has 28 heavy (non-hydrogen) atoms. The molecule has 0 saturated heterocycles. The van der Waals surface area contributed by atoms with Crippen LogP contribution in [0.4, 0.5) is 4.39 Å². The molecule has 3 aromatic carbocycles. The lowest BCUT2D eigenvalue weighted by Gasteiger charge is -2.10. The van der Waals surface area contributed by atoms with Gasteiger partial charge in [-0.1, -0.05) is 48.5 Å². The summed E-state index contributed by atoms with van der Waals surface area (Å²) in [6, 6.07) is 22.9. The Morgan fingerprint density at radius 1 is 0.964 bits per heavy atom. The fourth-order valence-corrected chi connectivity index (χ4v) is 2.89. The van der Waals surface area contributed by atoms with E-state index in [-0.39, 0.29) is 11.3 Å². The number of para-hydroxylation sites is 1. The van der Waals surface area contributed by atoms with E-state index in [2.05, 4.69) is 0 Å². The lowest BCUT2D eigenvalue weighted by atomic mass is 10.1. The average molecular weight is 372 g/mol. The molecule has 0 N–H and O–H groups in total. The van der Waals surface area contributed by atoms with Crippen molar-refractivity contribution in [2.75, 3.05) is 0 Å². The molecule has 4 aromatic rings. The van der Waals surface area contributed by atoms with E-state index in [0.29, 0.717) is 18.1 Å². The zero-order valence-corrected chi connectivity index (χ0v) is 15.0. The van der Waals surface area contributed by atoms with E-state index in [9.17, 15) is 9.18 Å². The van der Waals surface area contributed by atoms with Crippen LogP contribution >= 0.6 is 0 Å². The molecule has 4 heteroatoms. The van der Waals surface area contributed by atoms with E-state index in [1.807, 2.05) is 60.7 Å². The van der Waals surface area contributed by atoms with Gasteiger partial charge in [0.2, 0.25) is 0 Å². The first-order valence-electron chi connectivity index (χ1n) is 8.86. The molecule has 4 rings (SSSR count). The van der Waals surface area contributed by atoms with Crippen molar-refractivity contribution in [1.82, 2.24) is 0 Å². The van der Waals surface area contributed by atoms with E-state index in [1.165, 1.54) is 24.3 Å².